The van der Waals surface area contributed by atoms with Crippen molar-refractivity contribution in [2.45, 2.75) is 59.3 Å². The highest BCUT2D eigenvalue weighted by Gasteiger charge is 2.39. The second kappa shape index (κ2) is 8.14. The van der Waals surface area contributed by atoms with Crippen molar-refractivity contribution in [3.63, 3.8) is 0 Å². The van der Waals surface area contributed by atoms with Gasteiger partial charge in [-0.15, -0.1) is 0 Å². The van der Waals surface area contributed by atoms with Crippen LogP contribution in [0, 0.1) is 5.92 Å². The summed E-state index contributed by atoms with van der Waals surface area (Å²) in [4.78, 5) is 28.6. The summed E-state index contributed by atoms with van der Waals surface area (Å²) < 4.78 is 11.4. The molecule has 6 nitrogen and oxygen atoms in total. The Labute approximate surface area is 148 Å². The average molecular weight is 346 g/mol. The lowest BCUT2D eigenvalue weighted by Crippen LogP contribution is -2.45. The third-order valence-corrected chi connectivity index (χ3v) is 4.10. The second-order valence-electron chi connectivity index (χ2n) is 6.52. The van der Waals surface area contributed by atoms with Gasteiger partial charge in [0.1, 0.15) is 11.7 Å². The first kappa shape index (κ1) is 19.0. The smallest absolute Gasteiger partial charge is 0.341 e. The maximum atomic E-state index is 12.7. The van der Waals surface area contributed by atoms with Crippen LogP contribution in [-0.2, 0) is 9.53 Å². The molecule has 1 aliphatic heterocycles. The van der Waals surface area contributed by atoms with Gasteiger partial charge in [-0.2, -0.15) is 0 Å². The molecule has 1 N–H and O–H groups in total. The molecule has 136 valence electrons. The largest absolute Gasteiger partial charge is 0.491 e. The predicted molar refractivity (Wildman–Crippen MR) is 95.9 cm³/mol. The molecule has 0 spiro atoms. The Balaban J connectivity index is 2.41. The topological polar surface area (TPSA) is 77.0 Å². The third kappa shape index (κ3) is 4.59. The van der Waals surface area contributed by atoms with Gasteiger partial charge in [-0.3, -0.25) is 4.79 Å². The van der Waals surface area contributed by atoms with Gasteiger partial charge in [-0.05, 0) is 40.2 Å². The molecule has 2 amide bonds. The summed E-state index contributed by atoms with van der Waals surface area (Å²) in [5, 5.41) is 2.79. The quantitative estimate of drug-likeness (QED) is 0.798. The monoisotopic (exact) mass is 346 g/mol. The molecule has 25 heavy (non-hydrogen) atoms. The minimum absolute atomic E-state index is 0.0271. The lowest BCUT2D eigenvalue weighted by molar-refractivity contribution is -0.151. The first-order valence-electron chi connectivity index (χ1n) is 8.65. The van der Waals surface area contributed by atoms with Crippen LogP contribution < -0.4 is 10.1 Å². The number of aliphatic imine (C=N–C) groups is 1. The Hall–Kier alpha value is -2.37. The molecule has 3 unspecified atom stereocenters. The van der Waals surface area contributed by atoms with Crippen LogP contribution in [0.5, 0.6) is 5.75 Å². The number of para-hydroxylation sites is 1. The van der Waals surface area contributed by atoms with E-state index in [1.165, 1.54) is 0 Å². The first-order chi connectivity index (χ1) is 11.8. The summed E-state index contributed by atoms with van der Waals surface area (Å²) in [5.41, 5.74) is 1.19. The highest BCUT2D eigenvalue weighted by atomic mass is 16.5. The number of nitrogens with zero attached hydrogens (tertiary/aromatic N) is 1. The van der Waals surface area contributed by atoms with Gasteiger partial charge in [0, 0.05) is 11.3 Å². The van der Waals surface area contributed by atoms with Gasteiger partial charge in [-0.25, -0.2) is 9.79 Å². The number of urea groups is 1. The van der Waals surface area contributed by atoms with Crippen molar-refractivity contribution in [3.8, 4) is 5.75 Å². The molecule has 0 fully saturated rings. The van der Waals surface area contributed by atoms with Crippen molar-refractivity contribution < 1.29 is 19.1 Å². The van der Waals surface area contributed by atoms with Crippen LogP contribution in [0.15, 0.2) is 29.3 Å². The van der Waals surface area contributed by atoms with Crippen LogP contribution in [-0.4, -0.2) is 29.9 Å². The zero-order valence-electron chi connectivity index (χ0n) is 15.4. The Bertz CT molecular complexity index is 669. The fourth-order valence-corrected chi connectivity index (χ4v) is 2.74. The maximum Gasteiger partial charge on any atom is 0.341 e. The number of esters is 1. The summed E-state index contributed by atoms with van der Waals surface area (Å²) in [6.45, 7) is 9.33. The van der Waals surface area contributed by atoms with Crippen molar-refractivity contribution in [2.24, 2.45) is 10.9 Å². The predicted octanol–water partition coefficient (Wildman–Crippen LogP) is 3.66. The van der Waals surface area contributed by atoms with Crippen LogP contribution in [0.2, 0.25) is 0 Å². The number of carbonyl (C=O) groups is 2. The molecule has 1 aliphatic rings. The standard InChI is InChI=1S/C19H26N2O4/c1-6-12(4)25-18(22)16-13(5)20-19(23)21-17(16)14-9-7-8-10-15(14)24-11(2)3/h7-12,16-17H,6H2,1-5H3,(H,21,23). The zero-order chi connectivity index (χ0) is 18.6. The highest BCUT2D eigenvalue weighted by molar-refractivity contribution is 6.08. The van der Waals surface area contributed by atoms with E-state index in [-0.39, 0.29) is 18.2 Å². The van der Waals surface area contributed by atoms with E-state index in [1.54, 1.807) is 6.92 Å². The SMILES string of the molecule is CCC(C)OC(=O)C1C(C)=NC(=O)NC1c1ccccc1OC(C)C. The lowest BCUT2D eigenvalue weighted by atomic mass is 9.87. The molecule has 0 saturated carbocycles. The normalized spacial score (nSPS) is 21.4. The molecule has 3 atom stereocenters. The molecule has 0 aromatic heterocycles. The van der Waals surface area contributed by atoms with E-state index in [2.05, 4.69) is 10.3 Å². The molecule has 2 rings (SSSR count). The van der Waals surface area contributed by atoms with Crippen LogP contribution >= 0.6 is 0 Å². The molecule has 0 saturated heterocycles. The number of nitrogens with one attached hydrogen (secondary N) is 1. The van der Waals surface area contributed by atoms with Crippen molar-refractivity contribution >= 4 is 17.7 Å². The van der Waals surface area contributed by atoms with Crippen LogP contribution in [0.25, 0.3) is 0 Å². The molecule has 1 aromatic rings. The molecule has 6 heteroatoms. The summed E-state index contributed by atoms with van der Waals surface area (Å²) in [6, 6.07) is 6.36. The van der Waals surface area contributed by atoms with Gasteiger partial charge in [0.15, 0.2) is 0 Å². The number of carbonyl (C=O) groups excluding carboxylic acids is 2. The first-order valence-corrected chi connectivity index (χ1v) is 8.65. The van der Waals surface area contributed by atoms with Gasteiger partial charge in [0.05, 0.1) is 18.2 Å². The van der Waals surface area contributed by atoms with E-state index in [0.29, 0.717) is 11.5 Å². The van der Waals surface area contributed by atoms with Crippen molar-refractivity contribution in [1.82, 2.24) is 5.32 Å². The van der Waals surface area contributed by atoms with Crippen LogP contribution in [0.1, 0.15) is 52.6 Å². The minimum Gasteiger partial charge on any atom is -0.491 e. The van der Waals surface area contributed by atoms with Crippen LogP contribution in [0.3, 0.4) is 0 Å². The summed E-state index contributed by atoms with van der Waals surface area (Å²) in [5.74, 6) is -0.428. The van der Waals surface area contributed by atoms with Gasteiger partial charge >= 0.3 is 12.0 Å². The van der Waals surface area contributed by atoms with Gasteiger partial charge in [-0.1, -0.05) is 25.1 Å². The third-order valence-electron chi connectivity index (χ3n) is 4.10. The lowest BCUT2D eigenvalue weighted by Gasteiger charge is -2.31. The van der Waals surface area contributed by atoms with Gasteiger partial charge in [0.2, 0.25) is 0 Å². The molecule has 0 bridgehead atoms. The fraction of sp³-hybridized carbons (Fsp3) is 0.526. The average Bonchev–Trinajstić information content (AvgIpc) is 2.53. The van der Waals surface area contributed by atoms with E-state index in [9.17, 15) is 9.59 Å². The van der Waals surface area contributed by atoms with E-state index < -0.39 is 18.0 Å². The summed E-state index contributed by atoms with van der Waals surface area (Å²) in [6.07, 6.45) is 0.500. The summed E-state index contributed by atoms with van der Waals surface area (Å²) >= 11 is 0. The highest BCUT2D eigenvalue weighted by Crippen LogP contribution is 2.34. The number of amides is 2. The number of ether oxygens (including phenoxy) is 2. The number of rotatable bonds is 6. The number of hydrogen-bond acceptors (Lipinski definition) is 4. The number of hydrogen-bond donors (Lipinski definition) is 1. The Morgan fingerprint density at radius 1 is 1.28 bits per heavy atom. The molecule has 1 aromatic carbocycles. The fourth-order valence-electron chi connectivity index (χ4n) is 2.74. The van der Waals surface area contributed by atoms with Gasteiger partial charge in [0.25, 0.3) is 0 Å². The van der Waals surface area contributed by atoms with Crippen LogP contribution in [0.4, 0.5) is 4.79 Å². The van der Waals surface area contributed by atoms with E-state index in [4.69, 9.17) is 9.47 Å². The van der Waals surface area contributed by atoms with Crippen molar-refractivity contribution in [3.05, 3.63) is 29.8 Å². The maximum absolute atomic E-state index is 12.7. The molecule has 0 aliphatic carbocycles. The van der Waals surface area contributed by atoms with Gasteiger partial charge < -0.3 is 14.8 Å². The Morgan fingerprint density at radius 2 is 1.96 bits per heavy atom. The zero-order valence-corrected chi connectivity index (χ0v) is 15.4. The van der Waals surface area contributed by atoms with E-state index >= 15 is 0 Å². The molecule has 1 heterocycles. The molecular formula is C19H26N2O4. The Morgan fingerprint density at radius 3 is 2.60 bits per heavy atom. The van der Waals surface area contributed by atoms with Crippen molar-refractivity contribution in [1.29, 1.82) is 0 Å². The summed E-state index contributed by atoms with van der Waals surface area (Å²) in [7, 11) is 0. The second-order valence-corrected chi connectivity index (χ2v) is 6.52. The number of benzene rings is 1. The van der Waals surface area contributed by atoms with E-state index in [0.717, 1.165) is 12.0 Å². The Kier molecular flexibility index (Phi) is 6.17. The molecular weight excluding hydrogens is 320 g/mol. The van der Waals surface area contributed by atoms with E-state index in [1.807, 2.05) is 52.0 Å². The molecule has 0 radical (unpaired) electrons. The minimum atomic E-state index is -0.677. The van der Waals surface area contributed by atoms with Crippen molar-refractivity contribution in [2.75, 3.05) is 0 Å².